The minimum absolute atomic E-state index is 0.0455. The highest BCUT2D eigenvalue weighted by Gasteiger charge is 2.26. The second kappa shape index (κ2) is 11.7. The van der Waals surface area contributed by atoms with Crippen LogP contribution in [0.3, 0.4) is 0 Å². The van der Waals surface area contributed by atoms with Gasteiger partial charge in [-0.2, -0.15) is 0 Å². The first kappa shape index (κ1) is 28.1. The molecule has 1 amide bonds. The Bertz CT molecular complexity index is 1270. The number of carboxylic acids is 1. The van der Waals surface area contributed by atoms with E-state index in [1.807, 2.05) is 37.3 Å². The van der Waals surface area contributed by atoms with E-state index in [2.05, 4.69) is 6.92 Å². The second-order valence-corrected chi connectivity index (χ2v) is 10.5. The van der Waals surface area contributed by atoms with E-state index < -0.39 is 17.4 Å². The lowest BCUT2D eigenvalue weighted by Crippen LogP contribution is -2.33. The summed E-state index contributed by atoms with van der Waals surface area (Å²) in [5.41, 5.74) is 7.06. The van der Waals surface area contributed by atoms with Crippen molar-refractivity contribution < 1.29 is 24.2 Å². The fourth-order valence-corrected chi connectivity index (χ4v) is 4.86. The molecule has 0 radical (unpaired) electrons. The van der Waals surface area contributed by atoms with Crippen molar-refractivity contribution in [3.8, 4) is 11.1 Å². The van der Waals surface area contributed by atoms with Crippen LogP contribution in [0.15, 0.2) is 54.6 Å². The first-order chi connectivity index (χ1) is 17.4. The number of rotatable bonds is 4. The van der Waals surface area contributed by atoms with Crippen LogP contribution in [0, 0.1) is 19.7 Å². The van der Waals surface area contributed by atoms with Crippen molar-refractivity contribution in [2.45, 2.75) is 59.5 Å². The van der Waals surface area contributed by atoms with E-state index >= 15 is 0 Å². The largest absolute Gasteiger partial charge is 0.481 e. The van der Waals surface area contributed by atoms with Crippen molar-refractivity contribution in [2.24, 2.45) is 0 Å². The zero-order valence-electron chi connectivity index (χ0n) is 22.3. The SMILES string of the molecule is CC(C)(C)O.Cc1c2c(c(C)c(-c3ccccc3)c1CC(=O)O)CCN(C(=O)c1cccc(F)c1)CC2. The van der Waals surface area contributed by atoms with Crippen molar-refractivity contribution in [3.63, 3.8) is 0 Å². The fourth-order valence-electron chi connectivity index (χ4n) is 4.86. The summed E-state index contributed by atoms with van der Waals surface area (Å²) >= 11 is 0. The maximum absolute atomic E-state index is 13.6. The summed E-state index contributed by atoms with van der Waals surface area (Å²) in [5.74, 6) is -1.46. The highest BCUT2D eigenvalue weighted by Crippen LogP contribution is 2.37. The summed E-state index contributed by atoms with van der Waals surface area (Å²) in [4.78, 5) is 26.5. The molecule has 4 rings (SSSR count). The van der Waals surface area contributed by atoms with Crippen LogP contribution in [0.25, 0.3) is 11.1 Å². The van der Waals surface area contributed by atoms with Gasteiger partial charge in [-0.1, -0.05) is 36.4 Å². The Hall–Kier alpha value is -3.51. The molecule has 0 unspecified atom stereocenters. The zero-order chi connectivity index (χ0) is 27.3. The molecule has 0 aliphatic carbocycles. The number of aliphatic carboxylic acids is 1. The molecular formula is C31H36FNO4. The van der Waals surface area contributed by atoms with Crippen LogP contribution in [-0.2, 0) is 24.1 Å². The number of amides is 1. The molecule has 2 N–H and O–H groups in total. The number of carboxylic acid groups (broad SMARTS) is 1. The summed E-state index contributed by atoms with van der Waals surface area (Å²) in [6.07, 6.45) is 1.27. The van der Waals surface area contributed by atoms with Gasteiger partial charge >= 0.3 is 5.97 Å². The predicted molar refractivity (Wildman–Crippen MR) is 144 cm³/mol. The topological polar surface area (TPSA) is 77.8 Å². The lowest BCUT2D eigenvalue weighted by atomic mass is 9.82. The Morgan fingerprint density at radius 3 is 2.03 bits per heavy atom. The van der Waals surface area contributed by atoms with Gasteiger partial charge in [0, 0.05) is 18.7 Å². The van der Waals surface area contributed by atoms with Gasteiger partial charge in [0.15, 0.2) is 0 Å². The number of nitrogens with zero attached hydrogens (tertiary/aromatic N) is 1. The lowest BCUT2D eigenvalue weighted by molar-refractivity contribution is -0.136. The first-order valence-corrected chi connectivity index (χ1v) is 12.5. The molecule has 0 bridgehead atoms. The number of carbonyl (C=O) groups excluding carboxylic acids is 1. The van der Waals surface area contributed by atoms with E-state index in [0.29, 0.717) is 31.5 Å². The molecule has 1 aliphatic rings. The van der Waals surface area contributed by atoms with Crippen molar-refractivity contribution in [1.29, 1.82) is 0 Å². The summed E-state index contributed by atoms with van der Waals surface area (Å²) in [6, 6.07) is 15.7. The van der Waals surface area contributed by atoms with E-state index in [9.17, 15) is 19.1 Å². The van der Waals surface area contributed by atoms with Gasteiger partial charge in [-0.25, -0.2) is 4.39 Å². The van der Waals surface area contributed by atoms with Crippen molar-refractivity contribution in [2.75, 3.05) is 13.1 Å². The van der Waals surface area contributed by atoms with Gasteiger partial charge < -0.3 is 15.1 Å². The third-order valence-corrected chi connectivity index (χ3v) is 6.41. The molecule has 0 saturated heterocycles. The molecule has 5 nitrogen and oxygen atoms in total. The van der Waals surface area contributed by atoms with Crippen LogP contribution in [0.5, 0.6) is 0 Å². The quantitative estimate of drug-likeness (QED) is 0.473. The van der Waals surface area contributed by atoms with Gasteiger partial charge in [0.25, 0.3) is 5.91 Å². The molecule has 6 heteroatoms. The number of hydrogen-bond donors (Lipinski definition) is 2. The van der Waals surface area contributed by atoms with Crippen molar-refractivity contribution in [3.05, 3.63) is 93.8 Å². The van der Waals surface area contributed by atoms with Crippen LogP contribution in [-0.4, -0.2) is 45.7 Å². The normalized spacial score (nSPS) is 13.2. The Morgan fingerprint density at radius 1 is 0.919 bits per heavy atom. The van der Waals surface area contributed by atoms with Crippen LogP contribution >= 0.6 is 0 Å². The van der Waals surface area contributed by atoms with E-state index in [1.54, 1.807) is 37.8 Å². The number of aliphatic hydroxyl groups is 1. The standard InChI is InChI=1S/C27H26FNO3.C4H10O/c1-17-22-11-13-29(27(32)20-9-6-10-21(28)15-20)14-12-23(22)18(2)26(24(17)16-25(30)31)19-7-4-3-5-8-19;1-4(2,3)5/h3-10,15H,11-14,16H2,1-2H3,(H,30,31);5H,1-3H3. The van der Waals surface area contributed by atoms with Gasteiger partial charge in [0.1, 0.15) is 5.82 Å². The molecule has 0 fully saturated rings. The molecule has 0 aromatic heterocycles. The summed E-state index contributed by atoms with van der Waals surface area (Å²) in [7, 11) is 0. The molecule has 196 valence electrons. The highest BCUT2D eigenvalue weighted by atomic mass is 19.1. The summed E-state index contributed by atoms with van der Waals surface area (Å²) in [5, 5.41) is 18.1. The maximum atomic E-state index is 13.6. The Balaban J connectivity index is 0.000000695. The number of hydrogen-bond acceptors (Lipinski definition) is 3. The van der Waals surface area contributed by atoms with Crippen LogP contribution in [0.1, 0.15) is 58.9 Å². The summed E-state index contributed by atoms with van der Waals surface area (Å²) in [6.45, 7) is 10.3. The number of benzene rings is 3. The van der Waals surface area contributed by atoms with Crippen molar-refractivity contribution >= 4 is 11.9 Å². The van der Waals surface area contributed by atoms with Gasteiger partial charge in [0.2, 0.25) is 0 Å². The molecule has 0 spiro atoms. The molecule has 3 aromatic rings. The monoisotopic (exact) mass is 505 g/mol. The molecule has 1 aliphatic heterocycles. The molecule has 0 atom stereocenters. The number of halogens is 1. The van der Waals surface area contributed by atoms with Crippen LogP contribution in [0.4, 0.5) is 4.39 Å². The van der Waals surface area contributed by atoms with E-state index in [-0.39, 0.29) is 12.3 Å². The third kappa shape index (κ3) is 7.26. The minimum atomic E-state index is -0.860. The third-order valence-electron chi connectivity index (χ3n) is 6.41. The fraction of sp³-hybridized carbons (Fsp3) is 0.355. The Labute approximate surface area is 218 Å². The molecule has 0 saturated carbocycles. The molecular weight excluding hydrogens is 469 g/mol. The Kier molecular flexibility index (Phi) is 8.87. The average Bonchev–Trinajstić information content (AvgIpc) is 3.05. The first-order valence-electron chi connectivity index (χ1n) is 12.5. The zero-order valence-corrected chi connectivity index (χ0v) is 22.3. The van der Waals surface area contributed by atoms with Gasteiger partial charge in [-0.15, -0.1) is 0 Å². The molecule has 3 aromatic carbocycles. The second-order valence-electron chi connectivity index (χ2n) is 10.5. The number of fused-ring (bicyclic) bond motifs is 1. The smallest absolute Gasteiger partial charge is 0.307 e. The molecule has 37 heavy (non-hydrogen) atoms. The van der Waals surface area contributed by atoms with E-state index in [0.717, 1.165) is 33.4 Å². The highest BCUT2D eigenvalue weighted by molar-refractivity contribution is 5.94. The minimum Gasteiger partial charge on any atom is -0.481 e. The molecule has 1 heterocycles. The van der Waals surface area contributed by atoms with Gasteiger partial charge in [0.05, 0.1) is 12.0 Å². The van der Waals surface area contributed by atoms with E-state index in [4.69, 9.17) is 5.11 Å². The Morgan fingerprint density at radius 2 is 1.49 bits per heavy atom. The predicted octanol–water partition coefficient (Wildman–Crippen LogP) is 5.75. The van der Waals surface area contributed by atoms with Gasteiger partial charge in [-0.05, 0) is 105 Å². The lowest BCUT2D eigenvalue weighted by Gasteiger charge is -2.22. The van der Waals surface area contributed by atoms with Gasteiger partial charge in [-0.3, -0.25) is 9.59 Å². The van der Waals surface area contributed by atoms with Crippen molar-refractivity contribution in [1.82, 2.24) is 4.90 Å². The van der Waals surface area contributed by atoms with Crippen LogP contribution < -0.4 is 0 Å². The number of carbonyl (C=O) groups is 2. The average molecular weight is 506 g/mol. The maximum Gasteiger partial charge on any atom is 0.307 e. The van der Waals surface area contributed by atoms with E-state index in [1.165, 1.54) is 17.7 Å². The summed E-state index contributed by atoms with van der Waals surface area (Å²) < 4.78 is 13.6. The van der Waals surface area contributed by atoms with Crippen LogP contribution in [0.2, 0.25) is 0 Å².